The molecule has 4 heteroatoms. The molecule has 0 amide bonds. The van der Waals surface area contributed by atoms with Crippen LogP contribution in [-0.4, -0.2) is 18.8 Å². The van der Waals surface area contributed by atoms with Crippen molar-refractivity contribution in [1.29, 1.82) is 0 Å². The smallest absolute Gasteiger partial charge is 0.134 e. The second-order valence-corrected chi connectivity index (χ2v) is 8.28. The minimum atomic E-state index is -0.222. The van der Waals surface area contributed by atoms with Gasteiger partial charge in [0, 0.05) is 33.6 Å². The Morgan fingerprint density at radius 3 is 2.71 bits per heavy atom. The van der Waals surface area contributed by atoms with Crippen molar-refractivity contribution in [1.82, 2.24) is 0 Å². The summed E-state index contributed by atoms with van der Waals surface area (Å²) in [6, 6.07) is 11.5. The molecule has 1 heterocycles. The maximum atomic E-state index is 14.6. The topological polar surface area (TPSA) is 15.6 Å². The van der Waals surface area contributed by atoms with Crippen molar-refractivity contribution in [3.63, 3.8) is 0 Å². The van der Waals surface area contributed by atoms with Crippen LogP contribution in [0, 0.1) is 9.39 Å². The van der Waals surface area contributed by atoms with Gasteiger partial charge in [-0.2, -0.15) is 0 Å². The highest BCUT2D eigenvalue weighted by atomic mass is 127. The van der Waals surface area contributed by atoms with Crippen LogP contribution in [-0.2, 0) is 0 Å². The average Bonchev–Trinajstić information content (AvgIpc) is 2.52. The highest BCUT2D eigenvalue weighted by molar-refractivity contribution is 14.1. The molecule has 3 rings (SSSR count). The Morgan fingerprint density at radius 1 is 1.29 bits per heavy atom. The summed E-state index contributed by atoms with van der Waals surface area (Å²) in [6.07, 6.45) is 2.69. The van der Waals surface area contributed by atoms with E-state index in [0.717, 1.165) is 21.4 Å². The molecule has 0 aliphatic carbocycles. The number of aliphatic imine (C=N–C) groups is 1. The fraction of sp³-hybridized carbons (Fsp3) is 0.350. The standard InChI is InChI=1S/C20H22FIN2/c1-13-11-20(2,3)24(4)19-10-16(21)14(9-15(13)19)12-23-18-8-6-5-7-17(18)22/h5-10,12-13H,11H2,1-4H3. The summed E-state index contributed by atoms with van der Waals surface area (Å²) >= 11 is 2.24. The lowest BCUT2D eigenvalue weighted by molar-refractivity contribution is 0.394. The monoisotopic (exact) mass is 436 g/mol. The molecule has 0 fully saturated rings. The summed E-state index contributed by atoms with van der Waals surface area (Å²) < 4.78 is 15.7. The molecule has 0 radical (unpaired) electrons. The number of halogens is 2. The third-order valence-electron chi connectivity index (χ3n) is 4.95. The first-order valence-corrected chi connectivity index (χ1v) is 9.23. The quantitative estimate of drug-likeness (QED) is 0.423. The van der Waals surface area contributed by atoms with Gasteiger partial charge in [-0.1, -0.05) is 19.1 Å². The molecule has 1 atom stereocenters. The molecule has 1 unspecified atom stereocenters. The van der Waals surface area contributed by atoms with E-state index >= 15 is 0 Å². The van der Waals surface area contributed by atoms with Gasteiger partial charge < -0.3 is 4.90 Å². The summed E-state index contributed by atoms with van der Waals surface area (Å²) in [5.74, 6) is 0.177. The molecule has 1 aliphatic rings. The van der Waals surface area contributed by atoms with Crippen LogP contribution in [0.2, 0.25) is 0 Å². The molecule has 0 saturated heterocycles. The van der Waals surface area contributed by atoms with Crippen molar-refractivity contribution < 1.29 is 4.39 Å². The minimum absolute atomic E-state index is 0.0363. The highest BCUT2D eigenvalue weighted by Crippen LogP contribution is 2.43. The van der Waals surface area contributed by atoms with Gasteiger partial charge in [-0.25, -0.2) is 4.39 Å². The van der Waals surface area contributed by atoms with Crippen LogP contribution in [0.25, 0.3) is 0 Å². The second kappa shape index (κ2) is 6.47. The van der Waals surface area contributed by atoms with Crippen LogP contribution < -0.4 is 4.90 Å². The molecule has 126 valence electrons. The second-order valence-electron chi connectivity index (χ2n) is 7.12. The zero-order valence-corrected chi connectivity index (χ0v) is 16.6. The van der Waals surface area contributed by atoms with E-state index in [9.17, 15) is 4.39 Å². The first kappa shape index (κ1) is 17.4. The number of rotatable bonds is 2. The van der Waals surface area contributed by atoms with E-state index < -0.39 is 0 Å². The normalized spacial score (nSPS) is 19.6. The molecule has 0 aromatic heterocycles. The number of fused-ring (bicyclic) bond motifs is 1. The Labute approximate surface area is 156 Å². The first-order chi connectivity index (χ1) is 11.3. The van der Waals surface area contributed by atoms with E-state index in [1.807, 2.05) is 37.4 Å². The van der Waals surface area contributed by atoms with Crippen LogP contribution in [0.15, 0.2) is 41.4 Å². The zero-order chi connectivity index (χ0) is 17.5. The number of benzene rings is 2. The van der Waals surface area contributed by atoms with Gasteiger partial charge in [-0.3, -0.25) is 4.99 Å². The van der Waals surface area contributed by atoms with E-state index in [1.165, 1.54) is 5.56 Å². The van der Waals surface area contributed by atoms with Gasteiger partial charge in [0.05, 0.1) is 5.69 Å². The lowest BCUT2D eigenvalue weighted by atomic mass is 9.80. The van der Waals surface area contributed by atoms with Gasteiger partial charge in [0.2, 0.25) is 0 Å². The molecule has 0 spiro atoms. The number of para-hydroxylation sites is 1. The number of anilines is 1. The minimum Gasteiger partial charge on any atom is -0.369 e. The predicted octanol–water partition coefficient (Wildman–Crippen LogP) is 5.90. The van der Waals surface area contributed by atoms with E-state index in [0.29, 0.717) is 11.5 Å². The summed E-state index contributed by atoms with van der Waals surface area (Å²) in [6.45, 7) is 6.63. The van der Waals surface area contributed by atoms with Gasteiger partial charge in [0.25, 0.3) is 0 Å². The van der Waals surface area contributed by atoms with Crippen molar-refractivity contribution in [2.45, 2.75) is 38.6 Å². The third-order valence-corrected chi connectivity index (χ3v) is 5.86. The molecule has 2 aromatic rings. The van der Waals surface area contributed by atoms with Crippen molar-refractivity contribution in [2.24, 2.45) is 4.99 Å². The van der Waals surface area contributed by atoms with Crippen molar-refractivity contribution in [3.8, 4) is 0 Å². The van der Waals surface area contributed by atoms with Crippen molar-refractivity contribution in [2.75, 3.05) is 11.9 Å². The fourth-order valence-corrected chi connectivity index (χ4v) is 3.93. The van der Waals surface area contributed by atoms with Gasteiger partial charge >= 0.3 is 0 Å². The molecule has 0 bridgehead atoms. The Bertz CT molecular complexity index is 798. The molecule has 2 nitrogen and oxygen atoms in total. The van der Waals surface area contributed by atoms with Crippen LogP contribution in [0.5, 0.6) is 0 Å². The molecule has 0 N–H and O–H groups in total. The number of hydrogen-bond acceptors (Lipinski definition) is 2. The zero-order valence-electron chi connectivity index (χ0n) is 14.5. The summed E-state index contributed by atoms with van der Waals surface area (Å²) in [5.41, 5.74) is 3.63. The van der Waals surface area contributed by atoms with Crippen LogP contribution in [0.4, 0.5) is 15.8 Å². The SMILES string of the molecule is CC1CC(C)(C)N(C)c2cc(F)c(C=Nc3ccccc3I)cc21. The lowest BCUT2D eigenvalue weighted by Crippen LogP contribution is -2.45. The van der Waals surface area contributed by atoms with E-state index in [2.05, 4.69) is 53.3 Å². The Balaban J connectivity index is 2.01. The molecule has 1 aliphatic heterocycles. The van der Waals surface area contributed by atoms with Gasteiger partial charge in [-0.05, 0) is 78.6 Å². The fourth-order valence-electron chi connectivity index (χ4n) is 3.40. The summed E-state index contributed by atoms with van der Waals surface area (Å²) in [4.78, 5) is 6.66. The van der Waals surface area contributed by atoms with E-state index in [4.69, 9.17) is 0 Å². The van der Waals surface area contributed by atoms with E-state index in [-0.39, 0.29) is 11.4 Å². The molecule has 0 saturated carbocycles. The van der Waals surface area contributed by atoms with Crippen molar-refractivity contribution in [3.05, 3.63) is 56.9 Å². The van der Waals surface area contributed by atoms with Crippen LogP contribution in [0.3, 0.4) is 0 Å². The summed E-state index contributed by atoms with van der Waals surface area (Å²) in [7, 11) is 2.05. The molecular weight excluding hydrogens is 414 g/mol. The van der Waals surface area contributed by atoms with E-state index in [1.54, 1.807) is 12.3 Å². The maximum absolute atomic E-state index is 14.6. The predicted molar refractivity (Wildman–Crippen MR) is 108 cm³/mol. The molecule has 2 aromatic carbocycles. The Hall–Kier alpha value is -1.43. The van der Waals surface area contributed by atoms with Crippen LogP contribution in [0.1, 0.15) is 44.2 Å². The average molecular weight is 436 g/mol. The largest absolute Gasteiger partial charge is 0.369 e. The first-order valence-electron chi connectivity index (χ1n) is 8.15. The Kier molecular flexibility index (Phi) is 4.69. The van der Waals surface area contributed by atoms with Gasteiger partial charge in [0.15, 0.2) is 0 Å². The lowest BCUT2D eigenvalue weighted by Gasteiger charge is -2.45. The molecular formula is C20H22FIN2. The number of nitrogens with zero attached hydrogens (tertiary/aromatic N) is 2. The third kappa shape index (κ3) is 3.21. The maximum Gasteiger partial charge on any atom is 0.134 e. The van der Waals surface area contributed by atoms with Gasteiger partial charge in [0.1, 0.15) is 5.82 Å². The molecule has 24 heavy (non-hydrogen) atoms. The summed E-state index contributed by atoms with van der Waals surface area (Å²) in [5, 5.41) is 0. The van der Waals surface area contributed by atoms with Gasteiger partial charge in [-0.15, -0.1) is 0 Å². The van der Waals surface area contributed by atoms with Crippen molar-refractivity contribution >= 4 is 40.2 Å². The van der Waals surface area contributed by atoms with Crippen LogP contribution >= 0.6 is 22.6 Å². The number of hydrogen-bond donors (Lipinski definition) is 0. The Morgan fingerprint density at radius 2 is 2.00 bits per heavy atom. The highest BCUT2D eigenvalue weighted by Gasteiger charge is 2.34.